The van der Waals surface area contributed by atoms with Gasteiger partial charge in [0.2, 0.25) is 11.8 Å². The van der Waals surface area contributed by atoms with Gasteiger partial charge in [-0.3, -0.25) is 14.3 Å². The summed E-state index contributed by atoms with van der Waals surface area (Å²) < 4.78 is 1.60. The zero-order chi connectivity index (χ0) is 14.0. The average Bonchev–Trinajstić information content (AvgIpc) is 2.73. The molecule has 2 unspecified atom stereocenters. The molecule has 1 N–H and O–H groups in total. The molecular formula is C12H19N5O2. The quantitative estimate of drug-likeness (QED) is 0.823. The maximum absolute atomic E-state index is 12.4. The van der Waals surface area contributed by atoms with Crippen molar-refractivity contribution in [2.45, 2.75) is 45.3 Å². The highest BCUT2D eigenvalue weighted by atomic mass is 16.2. The first-order valence-corrected chi connectivity index (χ1v) is 6.46. The predicted molar refractivity (Wildman–Crippen MR) is 67.9 cm³/mol. The monoisotopic (exact) mass is 265 g/mol. The van der Waals surface area contributed by atoms with Gasteiger partial charge >= 0.3 is 0 Å². The lowest BCUT2D eigenvalue weighted by atomic mass is 10.1. The summed E-state index contributed by atoms with van der Waals surface area (Å²) in [5, 5.41) is 10.6. The van der Waals surface area contributed by atoms with Crippen molar-refractivity contribution in [2.75, 3.05) is 0 Å². The van der Waals surface area contributed by atoms with Crippen LogP contribution in [0.1, 0.15) is 32.4 Å². The maximum atomic E-state index is 12.4. The van der Waals surface area contributed by atoms with E-state index >= 15 is 0 Å². The van der Waals surface area contributed by atoms with E-state index in [0.717, 1.165) is 5.69 Å². The number of carbonyl (C=O) groups is 2. The first kappa shape index (κ1) is 13.5. The van der Waals surface area contributed by atoms with E-state index in [9.17, 15) is 9.59 Å². The van der Waals surface area contributed by atoms with Gasteiger partial charge in [-0.1, -0.05) is 12.1 Å². The molecule has 19 heavy (non-hydrogen) atoms. The standard InChI is InChI=1S/C12H19N5O2/c1-4-10-12(19)17(8(2)5-11(18)13-10)7-9-6-16(3)15-14-9/h6,8,10H,4-5,7H2,1-3H3,(H,13,18). The molecule has 7 heteroatoms. The molecule has 1 aliphatic rings. The Morgan fingerprint density at radius 2 is 2.21 bits per heavy atom. The van der Waals surface area contributed by atoms with Gasteiger partial charge in [0.15, 0.2) is 0 Å². The molecular weight excluding hydrogens is 246 g/mol. The van der Waals surface area contributed by atoms with Crippen LogP contribution >= 0.6 is 0 Å². The average molecular weight is 265 g/mol. The van der Waals surface area contributed by atoms with Crippen LogP contribution < -0.4 is 5.32 Å². The van der Waals surface area contributed by atoms with Gasteiger partial charge in [0.1, 0.15) is 11.7 Å². The molecule has 2 heterocycles. The SMILES string of the molecule is CCC1NC(=O)CC(C)N(Cc2cn(C)nn2)C1=O. The number of hydrogen-bond acceptors (Lipinski definition) is 4. The Labute approximate surface area is 112 Å². The lowest BCUT2D eigenvalue weighted by Crippen LogP contribution is -2.45. The summed E-state index contributed by atoms with van der Waals surface area (Å²) in [5.74, 6) is -0.124. The third-order valence-electron chi connectivity index (χ3n) is 3.32. The van der Waals surface area contributed by atoms with E-state index in [1.54, 1.807) is 22.8 Å². The number of amides is 2. The molecule has 104 valence electrons. The summed E-state index contributed by atoms with van der Waals surface area (Å²) in [6.07, 6.45) is 2.69. The van der Waals surface area contributed by atoms with Gasteiger partial charge in [-0.05, 0) is 13.3 Å². The zero-order valence-corrected chi connectivity index (χ0v) is 11.5. The molecule has 1 aliphatic heterocycles. The van der Waals surface area contributed by atoms with Crippen molar-refractivity contribution in [3.63, 3.8) is 0 Å². The van der Waals surface area contributed by atoms with E-state index in [0.29, 0.717) is 19.4 Å². The van der Waals surface area contributed by atoms with E-state index in [-0.39, 0.29) is 17.9 Å². The molecule has 7 nitrogen and oxygen atoms in total. The van der Waals surface area contributed by atoms with Crippen LogP contribution in [0, 0.1) is 0 Å². The van der Waals surface area contributed by atoms with Gasteiger partial charge in [-0.15, -0.1) is 5.10 Å². The Kier molecular flexibility index (Phi) is 3.82. The van der Waals surface area contributed by atoms with Crippen LogP contribution in [0.15, 0.2) is 6.20 Å². The summed E-state index contributed by atoms with van der Waals surface area (Å²) in [7, 11) is 1.78. The molecule has 0 spiro atoms. The van der Waals surface area contributed by atoms with Gasteiger partial charge in [0.05, 0.1) is 6.54 Å². The largest absolute Gasteiger partial charge is 0.344 e. The molecule has 2 rings (SSSR count). The van der Waals surface area contributed by atoms with Crippen molar-refractivity contribution in [1.82, 2.24) is 25.2 Å². The van der Waals surface area contributed by atoms with Crippen molar-refractivity contribution < 1.29 is 9.59 Å². The Balaban J connectivity index is 2.19. The van der Waals surface area contributed by atoms with Crippen molar-refractivity contribution in [2.24, 2.45) is 7.05 Å². The highest BCUT2D eigenvalue weighted by Gasteiger charge is 2.33. The Bertz CT molecular complexity index is 484. The Morgan fingerprint density at radius 1 is 1.47 bits per heavy atom. The van der Waals surface area contributed by atoms with Gasteiger partial charge in [-0.25, -0.2) is 0 Å². The maximum Gasteiger partial charge on any atom is 0.245 e. The Morgan fingerprint density at radius 3 is 2.79 bits per heavy atom. The second-order valence-electron chi connectivity index (χ2n) is 4.93. The fourth-order valence-electron chi connectivity index (χ4n) is 2.26. The predicted octanol–water partition coefficient (Wildman–Crippen LogP) is -0.169. The third kappa shape index (κ3) is 2.91. The first-order chi connectivity index (χ1) is 9.01. The molecule has 0 aliphatic carbocycles. The number of nitrogens with zero attached hydrogens (tertiary/aromatic N) is 4. The fourth-order valence-corrected chi connectivity index (χ4v) is 2.26. The van der Waals surface area contributed by atoms with E-state index in [1.165, 1.54) is 0 Å². The van der Waals surface area contributed by atoms with Crippen LogP contribution in [0.4, 0.5) is 0 Å². The van der Waals surface area contributed by atoms with Crippen LogP contribution in [0.2, 0.25) is 0 Å². The molecule has 1 aromatic rings. The molecule has 0 aromatic carbocycles. The van der Waals surface area contributed by atoms with Crippen LogP contribution in [0.3, 0.4) is 0 Å². The number of hydrogen-bond donors (Lipinski definition) is 1. The molecule has 0 bridgehead atoms. The second kappa shape index (κ2) is 5.38. The summed E-state index contributed by atoms with van der Waals surface area (Å²) in [6.45, 7) is 4.16. The minimum Gasteiger partial charge on any atom is -0.344 e. The van der Waals surface area contributed by atoms with Crippen LogP contribution in [0.5, 0.6) is 0 Å². The lowest BCUT2D eigenvalue weighted by Gasteiger charge is -2.27. The van der Waals surface area contributed by atoms with E-state index < -0.39 is 6.04 Å². The van der Waals surface area contributed by atoms with Gasteiger partial charge in [0.25, 0.3) is 0 Å². The molecule has 1 aromatic heterocycles. The van der Waals surface area contributed by atoms with Gasteiger partial charge < -0.3 is 10.2 Å². The van der Waals surface area contributed by atoms with Gasteiger partial charge in [0, 0.05) is 25.7 Å². The Hall–Kier alpha value is -1.92. The van der Waals surface area contributed by atoms with Crippen LogP contribution in [-0.4, -0.2) is 43.8 Å². The molecule has 1 fully saturated rings. The smallest absolute Gasteiger partial charge is 0.245 e. The summed E-state index contributed by atoms with van der Waals surface area (Å²) >= 11 is 0. The highest BCUT2D eigenvalue weighted by Crippen LogP contribution is 2.15. The van der Waals surface area contributed by atoms with E-state index in [4.69, 9.17) is 0 Å². The first-order valence-electron chi connectivity index (χ1n) is 6.46. The molecule has 2 atom stereocenters. The second-order valence-corrected chi connectivity index (χ2v) is 4.93. The minimum atomic E-state index is -0.436. The van der Waals surface area contributed by atoms with Crippen molar-refractivity contribution in [1.29, 1.82) is 0 Å². The molecule has 0 saturated carbocycles. The highest BCUT2D eigenvalue weighted by molar-refractivity contribution is 5.90. The van der Waals surface area contributed by atoms with Crippen LogP contribution in [-0.2, 0) is 23.2 Å². The number of nitrogens with one attached hydrogen (secondary N) is 1. The van der Waals surface area contributed by atoms with Crippen molar-refractivity contribution in [3.05, 3.63) is 11.9 Å². The number of carbonyl (C=O) groups excluding carboxylic acids is 2. The molecule has 0 radical (unpaired) electrons. The van der Waals surface area contributed by atoms with E-state index in [1.807, 2.05) is 13.8 Å². The number of rotatable bonds is 3. The molecule has 1 saturated heterocycles. The van der Waals surface area contributed by atoms with Crippen molar-refractivity contribution >= 4 is 11.8 Å². The minimum absolute atomic E-state index is 0.0495. The summed E-state index contributed by atoms with van der Waals surface area (Å²) in [4.78, 5) is 25.8. The third-order valence-corrected chi connectivity index (χ3v) is 3.32. The fraction of sp³-hybridized carbons (Fsp3) is 0.667. The molecule has 2 amide bonds. The normalized spacial score (nSPS) is 24.3. The summed E-state index contributed by atoms with van der Waals surface area (Å²) in [5.41, 5.74) is 0.729. The van der Waals surface area contributed by atoms with Crippen molar-refractivity contribution in [3.8, 4) is 0 Å². The topological polar surface area (TPSA) is 80.1 Å². The lowest BCUT2D eigenvalue weighted by molar-refractivity contribution is -0.135. The van der Waals surface area contributed by atoms with Gasteiger partial charge in [-0.2, -0.15) is 0 Å². The number of aryl methyl sites for hydroxylation is 1. The van der Waals surface area contributed by atoms with Crippen LogP contribution in [0.25, 0.3) is 0 Å². The summed E-state index contributed by atoms with van der Waals surface area (Å²) in [6, 6.07) is -0.569. The zero-order valence-electron chi connectivity index (χ0n) is 11.5. The van der Waals surface area contributed by atoms with E-state index in [2.05, 4.69) is 15.6 Å². The number of aromatic nitrogens is 3.